The highest BCUT2D eigenvalue weighted by Crippen LogP contribution is 2.21. The fourth-order valence-corrected chi connectivity index (χ4v) is 1.94. The first-order chi connectivity index (χ1) is 7.68. The molecular formula is C13H15FO2. The number of halogens is 1. The van der Waals surface area contributed by atoms with Gasteiger partial charge in [-0.05, 0) is 31.4 Å². The van der Waals surface area contributed by atoms with E-state index in [0.29, 0.717) is 24.3 Å². The summed E-state index contributed by atoms with van der Waals surface area (Å²) in [6, 6.07) is 4.70. The Morgan fingerprint density at radius 2 is 2.06 bits per heavy atom. The maximum Gasteiger partial charge on any atom is 0.166 e. The highest BCUT2D eigenvalue weighted by atomic mass is 19.1. The molecule has 1 aromatic carbocycles. The Morgan fingerprint density at radius 1 is 1.38 bits per heavy atom. The summed E-state index contributed by atoms with van der Waals surface area (Å²) in [6.45, 7) is 2.95. The highest BCUT2D eigenvalue weighted by Gasteiger charge is 2.23. The fraction of sp³-hybridized carbons (Fsp3) is 0.462. The molecule has 1 aliphatic heterocycles. The largest absolute Gasteiger partial charge is 0.381 e. The number of hydrogen-bond donors (Lipinski definition) is 0. The average Bonchev–Trinajstić information content (AvgIpc) is 2.33. The van der Waals surface area contributed by atoms with Crippen molar-refractivity contribution in [1.82, 2.24) is 0 Å². The van der Waals surface area contributed by atoms with E-state index in [1.807, 2.05) is 0 Å². The van der Waals surface area contributed by atoms with Crippen LogP contribution in [0.1, 0.15) is 28.8 Å². The molecule has 2 rings (SSSR count). The third-order valence-corrected chi connectivity index (χ3v) is 3.05. The second kappa shape index (κ2) is 4.74. The van der Waals surface area contributed by atoms with Gasteiger partial charge in [0.2, 0.25) is 0 Å². The van der Waals surface area contributed by atoms with E-state index in [1.54, 1.807) is 19.1 Å². The molecule has 0 aromatic heterocycles. The van der Waals surface area contributed by atoms with Crippen LogP contribution < -0.4 is 0 Å². The van der Waals surface area contributed by atoms with Crippen molar-refractivity contribution in [2.45, 2.75) is 19.8 Å². The van der Waals surface area contributed by atoms with Crippen LogP contribution in [-0.2, 0) is 4.74 Å². The zero-order chi connectivity index (χ0) is 11.5. The summed E-state index contributed by atoms with van der Waals surface area (Å²) < 4.78 is 18.5. The predicted molar refractivity (Wildman–Crippen MR) is 59.0 cm³/mol. The summed E-state index contributed by atoms with van der Waals surface area (Å²) in [6.07, 6.45) is 1.49. The SMILES string of the molecule is Cc1ccc(C(=O)C2CCOCC2)cc1F. The van der Waals surface area contributed by atoms with Gasteiger partial charge in [0.25, 0.3) is 0 Å². The number of carbonyl (C=O) groups excluding carboxylic acids is 1. The van der Waals surface area contributed by atoms with Crippen LogP contribution in [0, 0.1) is 18.7 Å². The van der Waals surface area contributed by atoms with E-state index in [1.165, 1.54) is 6.07 Å². The van der Waals surface area contributed by atoms with Crippen LogP contribution in [0.2, 0.25) is 0 Å². The molecule has 0 N–H and O–H groups in total. The summed E-state index contributed by atoms with van der Waals surface area (Å²) >= 11 is 0. The van der Waals surface area contributed by atoms with Crippen molar-refractivity contribution in [2.24, 2.45) is 5.92 Å². The Kier molecular flexibility index (Phi) is 3.34. The molecule has 0 saturated carbocycles. The summed E-state index contributed by atoms with van der Waals surface area (Å²) in [5.41, 5.74) is 1.05. The minimum absolute atomic E-state index is 0.00384. The summed E-state index contributed by atoms with van der Waals surface area (Å²) in [5, 5.41) is 0. The summed E-state index contributed by atoms with van der Waals surface area (Å²) in [5.74, 6) is -0.268. The van der Waals surface area contributed by atoms with Gasteiger partial charge in [0.05, 0.1) is 0 Å². The zero-order valence-electron chi connectivity index (χ0n) is 9.33. The van der Waals surface area contributed by atoms with Gasteiger partial charge in [-0.25, -0.2) is 4.39 Å². The third kappa shape index (κ3) is 2.30. The molecule has 86 valence electrons. The zero-order valence-corrected chi connectivity index (χ0v) is 9.33. The Labute approximate surface area is 94.4 Å². The van der Waals surface area contributed by atoms with Crippen LogP contribution in [-0.4, -0.2) is 19.0 Å². The van der Waals surface area contributed by atoms with Crippen molar-refractivity contribution in [3.63, 3.8) is 0 Å². The van der Waals surface area contributed by atoms with Gasteiger partial charge < -0.3 is 4.74 Å². The monoisotopic (exact) mass is 222 g/mol. The number of rotatable bonds is 2. The van der Waals surface area contributed by atoms with Crippen LogP contribution >= 0.6 is 0 Å². The highest BCUT2D eigenvalue weighted by molar-refractivity contribution is 5.97. The molecular weight excluding hydrogens is 207 g/mol. The van der Waals surface area contributed by atoms with E-state index < -0.39 is 0 Å². The Bertz CT molecular complexity index is 395. The average molecular weight is 222 g/mol. The van der Waals surface area contributed by atoms with Gasteiger partial charge >= 0.3 is 0 Å². The fourth-order valence-electron chi connectivity index (χ4n) is 1.94. The van der Waals surface area contributed by atoms with Gasteiger partial charge in [-0.3, -0.25) is 4.79 Å². The summed E-state index contributed by atoms with van der Waals surface area (Å²) in [4.78, 5) is 12.0. The van der Waals surface area contributed by atoms with E-state index in [0.717, 1.165) is 12.8 Å². The maximum atomic E-state index is 13.3. The van der Waals surface area contributed by atoms with E-state index >= 15 is 0 Å². The molecule has 2 nitrogen and oxygen atoms in total. The van der Waals surface area contributed by atoms with E-state index in [2.05, 4.69) is 0 Å². The first-order valence-corrected chi connectivity index (χ1v) is 5.56. The molecule has 0 radical (unpaired) electrons. The number of ketones is 1. The number of benzene rings is 1. The lowest BCUT2D eigenvalue weighted by molar-refractivity contribution is 0.0544. The number of carbonyl (C=O) groups is 1. The quantitative estimate of drug-likeness (QED) is 0.719. The lowest BCUT2D eigenvalue weighted by atomic mass is 9.90. The number of hydrogen-bond acceptors (Lipinski definition) is 2. The lowest BCUT2D eigenvalue weighted by Gasteiger charge is -2.20. The first kappa shape index (κ1) is 11.3. The molecule has 0 atom stereocenters. The molecule has 1 saturated heterocycles. The molecule has 0 aliphatic carbocycles. The van der Waals surface area contributed by atoms with Crippen molar-refractivity contribution in [3.8, 4) is 0 Å². The second-order valence-electron chi connectivity index (χ2n) is 4.21. The molecule has 3 heteroatoms. The molecule has 1 fully saturated rings. The van der Waals surface area contributed by atoms with Gasteiger partial charge in [-0.15, -0.1) is 0 Å². The normalized spacial score (nSPS) is 17.4. The number of aryl methyl sites for hydroxylation is 1. The van der Waals surface area contributed by atoms with E-state index in [-0.39, 0.29) is 17.5 Å². The molecule has 16 heavy (non-hydrogen) atoms. The molecule has 0 bridgehead atoms. The molecule has 1 aliphatic rings. The molecule has 0 amide bonds. The van der Waals surface area contributed by atoms with Gasteiger partial charge in [0.1, 0.15) is 5.82 Å². The van der Waals surface area contributed by atoms with Crippen LogP contribution in [0.15, 0.2) is 18.2 Å². The van der Waals surface area contributed by atoms with Gasteiger partial charge in [-0.2, -0.15) is 0 Å². The summed E-state index contributed by atoms with van der Waals surface area (Å²) in [7, 11) is 0. The van der Waals surface area contributed by atoms with Crippen molar-refractivity contribution in [1.29, 1.82) is 0 Å². The van der Waals surface area contributed by atoms with Crippen molar-refractivity contribution in [3.05, 3.63) is 35.1 Å². The van der Waals surface area contributed by atoms with Crippen LogP contribution in [0.4, 0.5) is 4.39 Å². The Morgan fingerprint density at radius 3 is 2.69 bits per heavy atom. The van der Waals surface area contributed by atoms with Crippen molar-refractivity contribution in [2.75, 3.05) is 13.2 Å². The molecule has 1 aromatic rings. The first-order valence-electron chi connectivity index (χ1n) is 5.56. The maximum absolute atomic E-state index is 13.3. The van der Waals surface area contributed by atoms with Crippen LogP contribution in [0.25, 0.3) is 0 Å². The standard InChI is InChI=1S/C13H15FO2/c1-9-2-3-11(8-12(9)14)13(15)10-4-6-16-7-5-10/h2-3,8,10H,4-7H2,1H3. The molecule has 1 heterocycles. The van der Waals surface area contributed by atoms with Crippen molar-refractivity contribution < 1.29 is 13.9 Å². The number of ether oxygens (including phenoxy) is 1. The third-order valence-electron chi connectivity index (χ3n) is 3.05. The van der Waals surface area contributed by atoms with Crippen LogP contribution in [0.3, 0.4) is 0 Å². The minimum atomic E-state index is -0.307. The van der Waals surface area contributed by atoms with Crippen LogP contribution in [0.5, 0.6) is 0 Å². The van der Waals surface area contributed by atoms with Gasteiger partial charge in [-0.1, -0.05) is 12.1 Å². The topological polar surface area (TPSA) is 26.3 Å². The van der Waals surface area contributed by atoms with Gasteiger partial charge in [0, 0.05) is 24.7 Å². The Balaban J connectivity index is 2.16. The second-order valence-corrected chi connectivity index (χ2v) is 4.21. The van der Waals surface area contributed by atoms with Gasteiger partial charge in [0.15, 0.2) is 5.78 Å². The smallest absolute Gasteiger partial charge is 0.166 e. The number of Topliss-reactive ketones (excluding diaryl/α,β-unsaturated/α-hetero) is 1. The molecule has 0 spiro atoms. The lowest BCUT2D eigenvalue weighted by Crippen LogP contribution is -2.23. The minimum Gasteiger partial charge on any atom is -0.381 e. The van der Waals surface area contributed by atoms with E-state index in [4.69, 9.17) is 4.74 Å². The molecule has 0 unspecified atom stereocenters. The predicted octanol–water partition coefficient (Wildman–Crippen LogP) is 2.74. The Hall–Kier alpha value is -1.22. The van der Waals surface area contributed by atoms with Crippen molar-refractivity contribution >= 4 is 5.78 Å². The van der Waals surface area contributed by atoms with E-state index in [9.17, 15) is 9.18 Å².